The molecule has 1 unspecified atom stereocenters. The summed E-state index contributed by atoms with van der Waals surface area (Å²) in [6.07, 6.45) is 70.7. The van der Waals surface area contributed by atoms with Crippen molar-refractivity contribution in [3.05, 3.63) is 109 Å². The number of esters is 3. The Morgan fingerprint density at radius 2 is 0.615 bits per heavy atom. The van der Waals surface area contributed by atoms with Crippen molar-refractivity contribution in [3.63, 3.8) is 0 Å². The van der Waals surface area contributed by atoms with E-state index >= 15 is 0 Å². The minimum atomic E-state index is -0.811. The lowest BCUT2D eigenvalue weighted by Gasteiger charge is -2.18. The Hall–Kier alpha value is -3.93. The van der Waals surface area contributed by atoms with Gasteiger partial charge in [-0.25, -0.2) is 0 Å². The first kappa shape index (κ1) is 61.1. The molecule has 0 aliphatic rings. The number of hydrogen-bond acceptors (Lipinski definition) is 6. The molecule has 0 aliphatic heterocycles. The highest BCUT2D eigenvalue weighted by Gasteiger charge is 2.19. The molecule has 0 bridgehead atoms. The predicted octanol–water partition coefficient (Wildman–Crippen LogP) is 17.5. The van der Waals surface area contributed by atoms with E-state index in [1.54, 1.807) is 0 Å². The Bertz CT molecular complexity index is 1360. The number of ether oxygens (including phenoxy) is 3. The first-order valence-electron chi connectivity index (χ1n) is 26.4. The molecule has 6 heteroatoms. The maximum Gasteiger partial charge on any atom is 0.306 e. The molecule has 0 rings (SSSR count). The van der Waals surface area contributed by atoms with Crippen molar-refractivity contribution in [2.24, 2.45) is 0 Å². The highest BCUT2D eigenvalue weighted by molar-refractivity contribution is 5.71. The third-order valence-corrected chi connectivity index (χ3v) is 10.7. The van der Waals surface area contributed by atoms with Gasteiger partial charge in [0.1, 0.15) is 13.2 Å². The van der Waals surface area contributed by atoms with E-state index in [-0.39, 0.29) is 37.5 Å². The molecule has 0 fully saturated rings. The van der Waals surface area contributed by atoms with Crippen molar-refractivity contribution in [3.8, 4) is 0 Å². The highest BCUT2D eigenvalue weighted by atomic mass is 16.6. The summed E-state index contributed by atoms with van der Waals surface area (Å²) in [5.41, 5.74) is 0. The van der Waals surface area contributed by atoms with Crippen LogP contribution in [0.15, 0.2) is 109 Å². The van der Waals surface area contributed by atoms with Crippen LogP contribution in [-0.2, 0) is 28.6 Å². The maximum atomic E-state index is 12.8. The predicted molar refractivity (Wildman–Crippen MR) is 279 cm³/mol. The van der Waals surface area contributed by atoms with Crippen LogP contribution in [0.25, 0.3) is 0 Å². The quantitative estimate of drug-likeness (QED) is 0.0262. The van der Waals surface area contributed by atoms with Gasteiger partial charge in [-0.2, -0.15) is 0 Å². The van der Waals surface area contributed by atoms with Crippen molar-refractivity contribution in [1.82, 2.24) is 0 Å². The summed E-state index contributed by atoms with van der Waals surface area (Å²) in [7, 11) is 0. The molecule has 65 heavy (non-hydrogen) atoms. The number of rotatable bonds is 46. The zero-order chi connectivity index (χ0) is 47.2. The van der Waals surface area contributed by atoms with Gasteiger partial charge < -0.3 is 14.2 Å². The molecule has 1 atom stereocenters. The smallest absolute Gasteiger partial charge is 0.306 e. The number of carbonyl (C=O) groups is 3. The summed E-state index contributed by atoms with van der Waals surface area (Å²) < 4.78 is 16.7. The number of carbonyl (C=O) groups excluding carboxylic acids is 3. The second-order valence-electron chi connectivity index (χ2n) is 17.0. The van der Waals surface area contributed by atoms with E-state index in [4.69, 9.17) is 14.2 Å². The van der Waals surface area contributed by atoms with Gasteiger partial charge in [0.05, 0.1) is 0 Å². The van der Waals surface area contributed by atoms with Crippen LogP contribution in [0.4, 0.5) is 0 Å². The van der Waals surface area contributed by atoms with Gasteiger partial charge in [0.15, 0.2) is 6.10 Å². The fourth-order valence-corrected chi connectivity index (χ4v) is 6.84. The SMILES string of the molecule is CC/C=C\C/C=C\C/C=C\C/C=C\C/C=C\CCCC(=O)OCC(COC(=O)CCCCCCC/C=C\CCCCCC)OC(=O)CCCCCCCCC/C=C\C/C=C\C/C=C\CC. The van der Waals surface area contributed by atoms with E-state index < -0.39 is 6.10 Å². The van der Waals surface area contributed by atoms with Crippen molar-refractivity contribution in [2.45, 2.75) is 232 Å². The van der Waals surface area contributed by atoms with Crippen LogP contribution in [0, 0.1) is 0 Å². The van der Waals surface area contributed by atoms with E-state index in [0.29, 0.717) is 19.3 Å². The Kier molecular flexibility index (Phi) is 49.5. The first-order valence-corrected chi connectivity index (χ1v) is 26.4. The molecule has 6 nitrogen and oxygen atoms in total. The zero-order valence-electron chi connectivity index (χ0n) is 42.0. The highest BCUT2D eigenvalue weighted by Crippen LogP contribution is 2.13. The van der Waals surface area contributed by atoms with E-state index in [1.165, 1.54) is 64.2 Å². The minimum absolute atomic E-state index is 0.106. The molecule has 0 amide bonds. The molecule has 0 radical (unpaired) electrons. The summed E-state index contributed by atoms with van der Waals surface area (Å²) >= 11 is 0. The third kappa shape index (κ3) is 50.9. The zero-order valence-corrected chi connectivity index (χ0v) is 42.0. The van der Waals surface area contributed by atoms with Gasteiger partial charge in [-0.3, -0.25) is 14.4 Å². The van der Waals surface area contributed by atoms with Crippen molar-refractivity contribution in [2.75, 3.05) is 13.2 Å². The molecule has 0 saturated heterocycles. The maximum absolute atomic E-state index is 12.8. The molecule has 0 aliphatic carbocycles. The average Bonchev–Trinajstić information content (AvgIpc) is 3.30. The van der Waals surface area contributed by atoms with Gasteiger partial charge in [-0.15, -0.1) is 0 Å². The van der Waals surface area contributed by atoms with Crippen LogP contribution in [0.5, 0.6) is 0 Å². The van der Waals surface area contributed by atoms with Gasteiger partial charge in [0.2, 0.25) is 0 Å². The van der Waals surface area contributed by atoms with Crippen LogP contribution in [0.3, 0.4) is 0 Å². The molecule has 0 heterocycles. The second-order valence-corrected chi connectivity index (χ2v) is 17.0. The fourth-order valence-electron chi connectivity index (χ4n) is 6.84. The van der Waals surface area contributed by atoms with Gasteiger partial charge in [0, 0.05) is 19.3 Å². The molecule has 0 aromatic rings. The lowest BCUT2D eigenvalue weighted by atomic mass is 10.1. The second kappa shape index (κ2) is 52.7. The Morgan fingerprint density at radius 3 is 1.02 bits per heavy atom. The summed E-state index contributed by atoms with van der Waals surface area (Å²) in [4.78, 5) is 38.0. The fraction of sp³-hybridized carbons (Fsp3) is 0.644. The topological polar surface area (TPSA) is 78.9 Å². The van der Waals surface area contributed by atoms with Gasteiger partial charge >= 0.3 is 17.9 Å². The molecular formula is C59H96O6. The van der Waals surface area contributed by atoms with Gasteiger partial charge in [-0.1, -0.05) is 201 Å². The summed E-state index contributed by atoms with van der Waals surface area (Å²) in [6.45, 7) is 6.32. The molecule has 368 valence electrons. The molecule has 0 saturated carbocycles. The van der Waals surface area contributed by atoms with E-state index in [9.17, 15) is 14.4 Å². The Labute approximate surface area is 400 Å². The number of unbranched alkanes of at least 4 members (excludes halogenated alkanes) is 17. The van der Waals surface area contributed by atoms with Crippen LogP contribution >= 0.6 is 0 Å². The number of allylic oxidation sites excluding steroid dienone is 18. The molecule has 0 N–H and O–H groups in total. The third-order valence-electron chi connectivity index (χ3n) is 10.7. The van der Waals surface area contributed by atoms with Gasteiger partial charge in [-0.05, 0) is 116 Å². The van der Waals surface area contributed by atoms with E-state index in [0.717, 1.165) is 116 Å². The van der Waals surface area contributed by atoms with Crippen molar-refractivity contribution in [1.29, 1.82) is 0 Å². The Balaban J connectivity index is 4.51. The summed E-state index contributed by atoms with van der Waals surface area (Å²) in [5.74, 6) is -0.989. The summed E-state index contributed by atoms with van der Waals surface area (Å²) in [5, 5.41) is 0. The van der Waals surface area contributed by atoms with Crippen molar-refractivity contribution < 1.29 is 28.6 Å². The van der Waals surface area contributed by atoms with E-state index in [2.05, 4.69) is 130 Å². The first-order chi connectivity index (χ1) is 32.0. The van der Waals surface area contributed by atoms with Crippen LogP contribution in [0.1, 0.15) is 226 Å². The number of hydrogen-bond donors (Lipinski definition) is 0. The van der Waals surface area contributed by atoms with Crippen LogP contribution in [-0.4, -0.2) is 37.2 Å². The monoisotopic (exact) mass is 901 g/mol. The van der Waals surface area contributed by atoms with Gasteiger partial charge in [0.25, 0.3) is 0 Å². The molecular weight excluding hydrogens is 805 g/mol. The average molecular weight is 901 g/mol. The largest absolute Gasteiger partial charge is 0.462 e. The minimum Gasteiger partial charge on any atom is -0.462 e. The molecule has 0 spiro atoms. The van der Waals surface area contributed by atoms with Crippen LogP contribution in [0.2, 0.25) is 0 Å². The normalized spacial score (nSPS) is 13.0. The Morgan fingerprint density at radius 1 is 0.323 bits per heavy atom. The van der Waals surface area contributed by atoms with Crippen LogP contribution < -0.4 is 0 Å². The molecule has 0 aromatic heterocycles. The van der Waals surface area contributed by atoms with E-state index in [1.807, 2.05) is 0 Å². The summed E-state index contributed by atoms with van der Waals surface area (Å²) in [6, 6.07) is 0. The lowest BCUT2D eigenvalue weighted by Crippen LogP contribution is -2.30. The standard InChI is InChI=1S/C59H96O6/c1-4-7-10-13-16-19-22-25-27-29-31-34-37-40-43-46-49-52-58(61)64-55-56(54-63-57(60)51-48-45-42-39-36-33-24-21-18-15-12-9-6-3)65-59(62)53-50-47-44-41-38-35-32-30-28-26-23-20-17-14-11-8-5-2/h7-8,10-11,16-17,19-21,24-28,31,34,40,43,56H,4-6,9,12-15,18,22-23,29-30,32-33,35-39,41-42,44-55H2,1-3H3/b10-7-,11-8-,19-16-,20-17-,24-21-,27-25-,28-26-,34-31-,43-40-. The lowest BCUT2D eigenvalue weighted by molar-refractivity contribution is -0.167. The van der Waals surface area contributed by atoms with Crippen molar-refractivity contribution >= 4 is 17.9 Å². The molecule has 0 aromatic carbocycles.